The average molecular weight is 431 g/mol. The topological polar surface area (TPSA) is 58.6 Å². The lowest BCUT2D eigenvalue weighted by Crippen LogP contribution is -2.35. The third-order valence-electron chi connectivity index (χ3n) is 4.50. The Hall–Kier alpha value is -2.34. The van der Waals surface area contributed by atoms with E-state index in [2.05, 4.69) is 21.2 Å². The van der Waals surface area contributed by atoms with Crippen LogP contribution in [-0.4, -0.2) is 36.4 Å². The third kappa shape index (κ3) is 4.89. The molecule has 1 aliphatic rings. The van der Waals surface area contributed by atoms with Crippen molar-refractivity contribution >= 4 is 33.4 Å². The zero-order valence-electron chi connectivity index (χ0n) is 15.3. The molecule has 5 nitrogen and oxygen atoms in total. The second-order valence-electron chi connectivity index (χ2n) is 6.47. The van der Waals surface area contributed by atoms with Gasteiger partial charge in [-0.15, -0.1) is 0 Å². The zero-order valence-corrected chi connectivity index (χ0v) is 16.9. The monoisotopic (exact) mass is 430 g/mol. The zero-order chi connectivity index (χ0) is 19.2. The van der Waals surface area contributed by atoms with E-state index in [0.29, 0.717) is 29.2 Å². The number of ether oxygens (including phenoxy) is 1. The van der Waals surface area contributed by atoms with Crippen molar-refractivity contribution < 1.29 is 14.3 Å². The Morgan fingerprint density at radius 2 is 1.85 bits per heavy atom. The molecule has 2 aromatic rings. The van der Waals surface area contributed by atoms with E-state index in [1.54, 1.807) is 42.5 Å². The molecule has 2 aromatic carbocycles. The number of amides is 2. The van der Waals surface area contributed by atoms with Crippen molar-refractivity contribution in [1.82, 2.24) is 4.90 Å². The summed E-state index contributed by atoms with van der Waals surface area (Å²) in [5.41, 5.74) is 1.72. The first-order valence-corrected chi connectivity index (χ1v) is 10.0. The van der Waals surface area contributed by atoms with Crippen LogP contribution in [0.25, 0.3) is 0 Å². The Morgan fingerprint density at radius 3 is 2.56 bits per heavy atom. The Kier molecular flexibility index (Phi) is 6.50. The molecule has 3 rings (SSSR count). The summed E-state index contributed by atoms with van der Waals surface area (Å²) in [7, 11) is 0. The first-order chi connectivity index (χ1) is 13.1. The van der Waals surface area contributed by atoms with Gasteiger partial charge in [0.1, 0.15) is 5.75 Å². The number of nitrogens with zero attached hydrogens (tertiary/aromatic N) is 1. The predicted molar refractivity (Wildman–Crippen MR) is 109 cm³/mol. The van der Waals surface area contributed by atoms with Crippen LogP contribution in [0.5, 0.6) is 5.75 Å². The van der Waals surface area contributed by atoms with Crippen LogP contribution >= 0.6 is 15.9 Å². The summed E-state index contributed by atoms with van der Waals surface area (Å²) in [4.78, 5) is 27.1. The molecule has 0 unspecified atom stereocenters. The molecule has 142 valence electrons. The Morgan fingerprint density at radius 1 is 1.07 bits per heavy atom. The third-order valence-corrected chi connectivity index (χ3v) is 5.12. The van der Waals surface area contributed by atoms with Crippen molar-refractivity contribution in [3.8, 4) is 5.75 Å². The minimum absolute atomic E-state index is 0.0228. The molecule has 1 fully saturated rings. The second-order valence-corrected chi connectivity index (χ2v) is 7.32. The van der Waals surface area contributed by atoms with E-state index in [-0.39, 0.29) is 11.8 Å². The minimum Gasteiger partial charge on any atom is -0.493 e. The van der Waals surface area contributed by atoms with E-state index in [4.69, 9.17) is 4.74 Å². The van der Waals surface area contributed by atoms with Crippen molar-refractivity contribution in [3.63, 3.8) is 0 Å². The van der Waals surface area contributed by atoms with Crippen molar-refractivity contribution in [1.29, 1.82) is 0 Å². The van der Waals surface area contributed by atoms with Crippen LogP contribution in [0.4, 0.5) is 5.69 Å². The van der Waals surface area contributed by atoms with Crippen LogP contribution in [0.1, 0.15) is 46.9 Å². The molecule has 2 amide bonds. The number of hydrogen-bond donors (Lipinski definition) is 1. The van der Waals surface area contributed by atoms with Crippen LogP contribution < -0.4 is 10.1 Å². The van der Waals surface area contributed by atoms with Crippen molar-refractivity contribution in [3.05, 3.63) is 58.1 Å². The molecule has 0 atom stereocenters. The van der Waals surface area contributed by atoms with Gasteiger partial charge in [-0.2, -0.15) is 0 Å². The van der Waals surface area contributed by atoms with Crippen LogP contribution in [0, 0.1) is 0 Å². The normalized spacial score (nSPS) is 13.9. The molecule has 1 saturated heterocycles. The van der Waals surface area contributed by atoms with Gasteiger partial charge in [-0.25, -0.2) is 0 Å². The quantitative estimate of drug-likeness (QED) is 0.745. The van der Waals surface area contributed by atoms with Gasteiger partial charge in [0.2, 0.25) is 0 Å². The summed E-state index contributed by atoms with van der Waals surface area (Å²) in [6, 6.07) is 12.3. The van der Waals surface area contributed by atoms with Crippen LogP contribution in [0.2, 0.25) is 0 Å². The van der Waals surface area contributed by atoms with Crippen LogP contribution in [-0.2, 0) is 0 Å². The number of hydrogen-bond acceptors (Lipinski definition) is 3. The van der Waals surface area contributed by atoms with E-state index in [0.717, 1.165) is 30.4 Å². The second kappa shape index (κ2) is 9.04. The molecule has 0 saturated carbocycles. The summed E-state index contributed by atoms with van der Waals surface area (Å²) in [5, 5.41) is 2.86. The van der Waals surface area contributed by atoms with Gasteiger partial charge in [0.25, 0.3) is 11.8 Å². The number of halogens is 1. The maximum atomic E-state index is 12.6. The van der Waals surface area contributed by atoms with Gasteiger partial charge in [-0.1, -0.05) is 6.07 Å². The number of carbonyl (C=O) groups excluding carboxylic acids is 2. The molecule has 1 N–H and O–H groups in total. The first-order valence-electron chi connectivity index (χ1n) is 9.21. The highest BCUT2D eigenvalue weighted by atomic mass is 79.9. The number of piperidine rings is 1. The number of anilines is 1. The molecule has 0 aromatic heterocycles. The number of nitrogens with one attached hydrogen (secondary N) is 1. The summed E-state index contributed by atoms with van der Waals surface area (Å²) < 4.78 is 6.20. The average Bonchev–Trinajstić information content (AvgIpc) is 2.70. The maximum absolute atomic E-state index is 12.6. The highest BCUT2D eigenvalue weighted by Gasteiger charge is 2.18. The predicted octanol–water partition coefficient (Wildman–Crippen LogP) is 4.73. The molecule has 6 heteroatoms. The SMILES string of the molecule is CCOc1ccc(C(=O)Nc2cccc(C(=O)N3CCCCC3)c2)cc1Br. The lowest BCUT2D eigenvalue weighted by Gasteiger charge is -2.26. The van der Waals surface area contributed by atoms with Crippen LogP contribution in [0.3, 0.4) is 0 Å². The highest BCUT2D eigenvalue weighted by molar-refractivity contribution is 9.10. The Balaban J connectivity index is 1.71. The minimum atomic E-state index is -0.235. The van der Waals surface area contributed by atoms with Crippen molar-refractivity contribution in [2.45, 2.75) is 26.2 Å². The fourth-order valence-corrected chi connectivity index (χ4v) is 3.62. The Labute approximate surface area is 167 Å². The van der Waals surface area contributed by atoms with Gasteiger partial charge >= 0.3 is 0 Å². The maximum Gasteiger partial charge on any atom is 0.255 e. The van der Waals surface area contributed by atoms with Crippen LogP contribution in [0.15, 0.2) is 46.9 Å². The number of carbonyl (C=O) groups is 2. The lowest BCUT2D eigenvalue weighted by atomic mass is 10.1. The fourth-order valence-electron chi connectivity index (χ4n) is 3.13. The van der Waals surface area contributed by atoms with Gasteiger partial charge < -0.3 is 15.0 Å². The van der Waals surface area contributed by atoms with Crippen molar-refractivity contribution in [2.24, 2.45) is 0 Å². The lowest BCUT2D eigenvalue weighted by molar-refractivity contribution is 0.0724. The van der Waals surface area contributed by atoms with E-state index < -0.39 is 0 Å². The number of likely N-dealkylation sites (tertiary alicyclic amines) is 1. The molecule has 1 aliphatic heterocycles. The van der Waals surface area contributed by atoms with Gasteiger partial charge in [-0.3, -0.25) is 9.59 Å². The standard InChI is InChI=1S/C21H23BrN2O3/c1-2-27-19-10-9-15(14-18(19)22)20(25)23-17-8-6-7-16(13-17)21(26)24-11-4-3-5-12-24/h6-10,13-14H,2-5,11-12H2,1H3,(H,23,25). The van der Waals surface area contributed by atoms with Gasteiger partial charge in [-0.05, 0) is 78.5 Å². The van der Waals surface area contributed by atoms with Crippen molar-refractivity contribution in [2.75, 3.05) is 25.0 Å². The summed E-state index contributed by atoms with van der Waals surface area (Å²) in [6.45, 7) is 4.07. The number of benzene rings is 2. The van der Waals surface area contributed by atoms with E-state index >= 15 is 0 Å². The Bertz CT molecular complexity index is 832. The van der Waals surface area contributed by atoms with Gasteiger partial charge in [0.15, 0.2) is 0 Å². The van der Waals surface area contributed by atoms with E-state index in [1.807, 2.05) is 11.8 Å². The molecule has 1 heterocycles. The molecule has 0 bridgehead atoms. The molecular weight excluding hydrogens is 408 g/mol. The fraction of sp³-hybridized carbons (Fsp3) is 0.333. The van der Waals surface area contributed by atoms with E-state index in [9.17, 15) is 9.59 Å². The smallest absolute Gasteiger partial charge is 0.255 e. The molecule has 0 aliphatic carbocycles. The molecule has 0 spiro atoms. The number of rotatable bonds is 5. The summed E-state index contributed by atoms with van der Waals surface area (Å²) >= 11 is 3.42. The van der Waals surface area contributed by atoms with E-state index in [1.165, 1.54) is 6.42 Å². The highest BCUT2D eigenvalue weighted by Crippen LogP contribution is 2.26. The summed E-state index contributed by atoms with van der Waals surface area (Å²) in [6.07, 6.45) is 3.28. The molecular formula is C21H23BrN2O3. The summed E-state index contributed by atoms with van der Waals surface area (Å²) in [5.74, 6) is 0.485. The molecule has 0 radical (unpaired) electrons. The molecule has 27 heavy (non-hydrogen) atoms. The first kappa shape index (κ1) is 19.4. The van der Waals surface area contributed by atoms with Gasteiger partial charge in [0, 0.05) is 29.9 Å². The largest absolute Gasteiger partial charge is 0.493 e. The van der Waals surface area contributed by atoms with Gasteiger partial charge in [0.05, 0.1) is 11.1 Å².